The zero-order valence-corrected chi connectivity index (χ0v) is 11.8. The molecule has 1 aromatic carbocycles. The number of hydrogen-bond acceptors (Lipinski definition) is 3. The molecule has 4 nitrogen and oxygen atoms in total. The summed E-state index contributed by atoms with van der Waals surface area (Å²) in [6, 6.07) is 7.55. The quantitative estimate of drug-likeness (QED) is 0.632. The third-order valence-electron chi connectivity index (χ3n) is 2.26. The van der Waals surface area contributed by atoms with E-state index in [4.69, 9.17) is 0 Å². The van der Waals surface area contributed by atoms with Gasteiger partial charge in [0.2, 0.25) is 5.91 Å². The van der Waals surface area contributed by atoms with Crippen LogP contribution < -0.4 is 0 Å². The lowest BCUT2D eigenvalue weighted by molar-refractivity contribution is -0.144. The molecule has 0 spiro atoms. The molecule has 0 N–H and O–H groups in total. The molecule has 0 aliphatic rings. The first-order chi connectivity index (χ1) is 8.52. The maximum absolute atomic E-state index is 11.7. The Morgan fingerprint density at radius 1 is 1.33 bits per heavy atom. The summed E-state index contributed by atoms with van der Waals surface area (Å²) < 4.78 is 5.47. The fraction of sp³-hybridized carbons (Fsp3) is 0.231. The van der Waals surface area contributed by atoms with Gasteiger partial charge in [-0.25, -0.2) is 0 Å². The molecule has 0 atom stereocenters. The van der Waals surface area contributed by atoms with Gasteiger partial charge in [0.15, 0.2) is 0 Å². The molecule has 1 aromatic rings. The maximum atomic E-state index is 11.7. The monoisotopic (exact) mass is 311 g/mol. The van der Waals surface area contributed by atoms with Crippen LogP contribution in [0.5, 0.6) is 0 Å². The lowest BCUT2D eigenvalue weighted by Crippen LogP contribution is -2.31. The molecule has 0 aromatic heterocycles. The second-order valence-corrected chi connectivity index (χ2v) is 4.57. The fourth-order valence-electron chi connectivity index (χ4n) is 1.20. The number of amides is 1. The van der Waals surface area contributed by atoms with Crippen molar-refractivity contribution in [1.82, 2.24) is 4.90 Å². The fourth-order valence-corrected chi connectivity index (χ4v) is 1.47. The van der Waals surface area contributed by atoms with Gasteiger partial charge in [0.05, 0.1) is 7.11 Å². The molecule has 0 unspecified atom stereocenters. The molecule has 0 fully saturated rings. The molecular weight excluding hydrogens is 298 g/mol. The van der Waals surface area contributed by atoms with E-state index in [2.05, 4.69) is 20.7 Å². The van der Waals surface area contributed by atoms with Crippen molar-refractivity contribution in [3.63, 3.8) is 0 Å². The van der Waals surface area contributed by atoms with Crippen molar-refractivity contribution in [3.8, 4) is 0 Å². The zero-order valence-electron chi connectivity index (χ0n) is 10.2. The average molecular weight is 312 g/mol. The van der Waals surface area contributed by atoms with Gasteiger partial charge in [-0.15, -0.1) is 0 Å². The largest absolute Gasteiger partial charge is 0.468 e. The van der Waals surface area contributed by atoms with Crippen LogP contribution >= 0.6 is 15.9 Å². The first-order valence-electron chi connectivity index (χ1n) is 5.28. The number of esters is 1. The van der Waals surface area contributed by atoms with Crippen LogP contribution in [0.1, 0.15) is 5.56 Å². The van der Waals surface area contributed by atoms with Gasteiger partial charge in [0, 0.05) is 17.6 Å². The Kier molecular flexibility index (Phi) is 5.58. The highest BCUT2D eigenvalue weighted by molar-refractivity contribution is 9.10. The second kappa shape index (κ2) is 6.96. The van der Waals surface area contributed by atoms with Crippen molar-refractivity contribution in [1.29, 1.82) is 0 Å². The van der Waals surface area contributed by atoms with Crippen LogP contribution in [0.15, 0.2) is 34.8 Å². The molecule has 0 heterocycles. The van der Waals surface area contributed by atoms with E-state index in [-0.39, 0.29) is 12.5 Å². The Bertz CT molecular complexity index is 454. The number of nitrogens with zero attached hydrogens (tertiary/aromatic N) is 1. The van der Waals surface area contributed by atoms with Gasteiger partial charge < -0.3 is 9.64 Å². The van der Waals surface area contributed by atoms with Gasteiger partial charge in [-0.2, -0.15) is 0 Å². The highest BCUT2D eigenvalue weighted by Crippen LogP contribution is 2.11. The smallest absolute Gasteiger partial charge is 0.325 e. The minimum absolute atomic E-state index is 0.0555. The molecule has 0 bridgehead atoms. The van der Waals surface area contributed by atoms with Crippen molar-refractivity contribution in [2.75, 3.05) is 20.7 Å². The van der Waals surface area contributed by atoms with E-state index in [1.165, 1.54) is 18.1 Å². The minimum Gasteiger partial charge on any atom is -0.468 e. The number of likely N-dealkylation sites (N-methyl/N-ethyl adjacent to an activating group) is 1. The summed E-state index contributed by atoms with van der Waals surface area (Å²) >= 11 is 3.33. The molecule has 0 radical (unpaired) electrons. The maximum Gasteiger partial charge on any atom is 0.325 e. The van der Waals surface area contributed by atoms with Crippen molar-refractivity contribution < 1.29 is 14.3 Å². The highest BCUT2D eigenvalue weighted by atomic mass is 79.9. The normalized spacial score (nSPS) is 10.4. The lowest BCUT2D eigenvalue weighted by Gasteiger charge is -2.12. The number of hydrogen-bond donors (Lipinski definition) is 0. The van der Waals surface area contributed by atoms with Crippen LogP contribution in [0, 0.1) is 0 Å². The van der Waals surface area contributed by atoms with Crippen molar-refractivity contribution in [2.24, 2.45) is 0 Å². The van der Waals surface area contributed by atoms with E-state index in [0.29, 0.717) is 0 Å². The molecule has 1 rings (SSSR count). The number of ether oxygens (including phenoxy) is 1. The predicted octanol–water partition coefficient (Wildman–Crippen LogP) is 2.09. The van der Waals surface area contributed by atoms with Crippen LogP contribution in [-0.2, 0) is 14.3 Å². The van der Waals surface area contributed by atoms with Crippen LogP contribution in [0.25, 0.3) is 6.08 Å². The third-order valence-corrected chi connectivity index (χ3v) is 2.79. The number of carbonyl (C=O) groups excluding carboxylic acids is 2. The number of benzene rings is 1. The molecule has 0 saturated carbocycles. The van der Waals surface area contributed by atoms with Crippen LogP contribution in [0.2, 0.25) is 0 Å². The van der Waals surface area contributed by atoms with Crippen LogP contribution in [0.4, 0.5) is 0 Å². The summed E-state index contributed by atoms with van der Waals surface area (Å²) in [5, 5.41) is 0. The van der Waals surface area contributed by atoms with Gasteiger partial charge in [-0.1, -0.05) is 28.1 Å². The first kappa shape index (κ1) is 14.4. The van der Waals surface area contributed by atoms with E-state index in [1.807, 2.05) is 24.3 Å². The van der Waals surface area contributed by atoms with Crippen molar-refractivity contribution >= 4 is 33.9 Å². The Labute approximate surface area is 114 Å². The van der Waals surface area contributed by atoms with Crippen LogP contribution in [0.3, 0.4) is 0 Å². The SMILES string of the molecule is COC(=O)CN(C)C(=O)C=Cc1ccc(Br)cc1. The van der Waals surface area contributed by atoms with Gasteiger partial charge in [0.1, 0.15) is 6.54 Å². The lowest BCUT2D eigenvalue weighted by atomic mass is 10.2. The summed E-state index contributed by atoms with van der Waals surface area (Å²) in [6.45, 7) is -0.0555. The average Bonchev–Trinajstić information content (AvgIpc) is 2.37. The molecule has 1 amide bonds. The molecule has 0 saturated heterocycles. The van der Waals surface area contributed by atoms with Gasteiger partial charge >= 0.3 is 5.97 Å². The van der Waals surface area contributed by atoms with Crippen LogP contribution in [-0.4, -0.2) is 37.5 Å². The van der Waals surface area contributed by atoms with Crippen molar-refractivity contribution in [3.05, 3.63) is 40.4 Å². The molecule has 18 heavy (non-hydrogen) atoms. The number of rotatable bonds is 4. The highest BCUT2D eigenvalue weighted by Gasteiger charge is 2.09. The topological polar surface area (TPSA) is 46.6 Å². The zero-order chi connectivity index (χ0) is 13.5. The summed E-state index contributed by atoms with van der Waals surface area (Å²) in [4.78, 5) is 23.9. The third kappa shape index (κ3) is 4.71. The molecule has 0 aliphatic carbocycles. The Morgan fingerprint density at radius 2 is 1.94 bits per heavy atom. The number of carbonyl (C=O) groups is 2. The second-order valence-electron chi connectivity index (χ2n) is 3.66. The van der Waals surface area contributed by atoms with E-state index >= 15 is 0 Å². The standard InChI is InChI=1S/C13H14BrNO3/c1-15(9-13(17)18-2)12(16)8-5-10-3-6-11(14)7-4-10/h3-8H,9H2,1-2H3. The molecule has 5 heteroatoms. The first-order valence-corrected chi connectivity index (χ1v) is 6.08. The minimum atomic E-state index is -0.442. The Morgan fingerprint density at radius 3 is 2.50 bits per heavy atom. The summed E-state index contributed by atoms with van der Waals surface area (Å²) in [5.74, 6) is -0.689. The van der Waals surface area contributed by atoms with Gasteiger partial charge in [-0.05, 0) is 23.8 Å². The molecule has 96 valence electrons. The predicted molar refractivity (Wildman–Crippen MR) is 72.8 cm³/mol. The van der Waals surface area contributed by atoms with E-state index < -0.39 is 5.97 Å². The van der Waals surface area contributed by atoms with Crippen molar-refractivity contribution in [2.45, 2.75) is 0 Å². The van der Waals surface area contributed by atoms with Gasteiger partial charge in [-0.3, -0.25) is 9.59 Å². The Balaban J connectivity index is 2.58. The van der Waals surface area contributed by atoms with Gasteiger partial charge in [0.25, 0.3) is 0 Å². The van der Waals surface area contributed by atoms with E-state index in [0.717, 1.165) is 10.0 Å². The summed E-state index contributed by atoms with van der Waals surface area (Å²) in [5.41, 5.74) is 0.915. The molecular formula is C13H14BrNO3. The van der Waals surface area contributed by atoms with E-state index in [1.54, 1.807) is 13.1 Å². The Hall–Kier alpha value is -1.62. The van der Waals surface area contributed by atoms with E-state index in [9.17, 15) is 9.59 Å². The summed E-state index contributed by atoms with van der Waals surface area (Å²) in [6.07, 6.45) is 3.12. The summed E-state index contributed by atoms with van der Waals surface area (Å²) in [7, 11) is 2.84. The number of methoxy groups -OCH3 is 1. The molecule has 0 aliphatic heterocycles. The number of halogens is 1.